The number of rotatable bonds is 7. The smallest absolute Gasteiger partial charge is 0.355 e. The summed E-state index contributed by atoms with van der Waals surface area (Å²) in [5.74, 6) is 0.919. The third-order valence-electron chi connectivity index (χ3n) is 6.62. The van der Waals surface area contributed by atoms with Gasteiger partial charge in [0.1, 0.15) is 5.69 Å². The molecule has 0 aliphatic carbocycles. The number of halogens is 1. The fourth-order valence-electron chi connectivity index (χ4n) is 4.80. The Bertz CT molecular complexity index is 1850. The Labute approximate surface area is 238 Å². The van der Waals surface area contributed by atoms with E-state index < -0.39 is 11.5 Å². The topological polar surface area (TPSA) is 98.1 Å². The molecule has 3 aromatic carbocycles. The Morgan fingerprint density at radius 2 is 1.50 bits per heavy atom. The highest BCUT2D eigenvalue weighted by Gasteiger charge is 2.28. The number of hydrogen-bond acceptors (Lipinski definition) is 8. The SMILES string of the molecule is COC(=O)c1c(-c2cc(Br)c(OC)c(OC)c2)c2cc(OC)c(OC)cc2c(=O)n1-c1cnc2ccccc2c1. The number of aromatic nitrogens is 2. The summed E-state index contributed by atoms with van der Waals surface area (Å²) in [7, 11) is 7.30. The van der Waals surface area contributed by atoms with Crippen LogP contribution in [-0.4, -0.2) is 51.1 Å². The van der Waals surface area contributed by atoms with E-state index in [0.29, 0.717) is 55.1 Å². The summed E-state index contributed by atoms with van der Waals surface area (Å²) in [4.78, 5) is 32.3. The molecule has 0 saturated carbocycles. The summed E-state index contributed by atoms with van der Waals surface area (Å²) >= 11 is 3.55. The first-order valence-electron chi connectivity index (χ1n) is 12.1. The number of esters is 1. The molecule has 0 aliphatic heterocycles. The van der Waals surface area contributed by atoms with Crippen molar-refractivity contribution in [1.82, 2.24) is 9.55 Å². The summed E-state index contributed by atoms with van der Waals surface area (Å²) in [6, 6.07) is 16.1. The Hall–Kier alpha value is -4.57. The maximum absolute atomic E-state index is 14.2. The fourth-order valence-corrected chi connectivity index (χ4v) is 5.40. The number of methoxy groups -OCH3 is 5. The van der Waals surface area contributed by atoms with Gasteiger partial charge < -0.3 is 23.7 Å². The van der Waals surface area contributed by atoms with Gasteiger partial charge in [0, 0.05) is 16.3 Å². The lowest BCUT2D eigenvalue weighted by atomic mass is 9.95. The molecule has 0 N–H and O–H groups in total. The maximum atomic E-state index is 14.2. The van der Waals surface area contributed by atoms with Gasteiger partial charge in [0.25, 0.3) is 5.56 Å². The van der Waals surface area contributed by atoms with Crippen LogP contribution in [0, 0.1) is 0 Å². The number of fused-ring (bicyclic) bond motifs is 2. The monoisotopic (exact) mass is 604 g/mol. The molecule has 0 radical (unpaired) electrons. The molecule has 0 atom stereocenters. The lowest BCUT2D eigenvalue weighted by Crippen LogP contribution is -2.27. The minimum Gasteiger partial charge on any atom is -0.493 e. The molecular weight excluding hydrogens is 580 g/mol. The van der Waals surface area contributed by atoms with Crippen molar-refractivity contribution >= 4 is 43.6 Å². The van der Waals surface area contributed by atoms with Crippen molar-refractivity contribution in [2.75, 3.05) is 35.5 Å². The number of ether oxygens (including phenoxy) is 5. The van der Waals surface area contributed by atoms with Gasteiger partial charge in [-0.25, -0.2) is 4.79 Å². The van der Waals surface area contributed by atoms with Gasteiger partial charge in [-0.3, -0.25) is 14.3 Å². The van der Waals surface area contributed by atoms with Gasteiger partial charge in [0.2, 0.25) is 0 Å². The van der Waals surface area contributed by atoms with Gasteiger partial charge >= 0.3 is 5.97 Å². The minimum absolute atomic E-state index is 0.00317. The summed E-state index contributed by atoms with van der Waals surface area (Å²) < 4.78 is 29.3. The molecule has 9 nitrogen and oxygen atoms in total. The molecule has 0 fully saturated rings. The molecule has 0 bridgehead atoms. The summed E-state index contributed by atoms with van der Waals surface area (Å²) in [5.41, 5.74) is 1.65. The molecule has 5 rings (SSSR count). The maximum Gasteiger partial charge on any atom is 0.355 e. The van der Waals surface area contributed by atoms with Crippen LogP contribution in [0.1, 0.15) is 10.5 Å². The Morgan fingerprint density at radius 1 is 0.825 bits per heavy atom. The van der Waals surface area contributed by atoms with Crippen LogP contribution in [0.4, 0.5) is 0 Å². The second-order valence-electron chi connectivity index (χ2n) is 8.69. The average Bonchev–Trinajstić information content (AvgIpc) is 2.99. The van der Waals surface area contributed by atoms with E-state index in [9.17, 15) is 9.59 Å². The van der Waals surface area contributed by atoms with Gasteiger partial charge in [0.15, 0.2) is 23.0 Å². The van der Waals surface area contributed by atoms with E-state index in [2.05, 4.69) is 20.9 Å². The van der Waals surface area contributed by atoms with E-state index in [1.807, 2.05) is 24.3 Å². The minimum atomic E-state index is -0.720. The number of pyridine rings is 2. The van der Waals surface area contributed by atoms with E-state index in [1.165, 1.54) is 40.1 Å². The predicted octanol–water partition coefficient (Wildman–Crippen LogP) is 5.79. The molecule has 0 aliphatic rings. The number of hydrogen-bond donors (Lipinski definition) is 0. The third-order valence-corrected chi connectivity index (χ3v) is 7.21. The van der Waals surface area contributed by atoms with E-state index in [1.54, 1.807) is 36.5 Å². The quantitative estimate of drug-likeness (QED) is 0.215. The van der Waals surface area contributed by atoms with Crippen LogP contribution in [0.15, 0.2) is 70.1 Å². The molecule has 0 unspecified atom stereocenters. The van der Waals surface area contributed by atoms with Gasteiger partial charge in [-0.2, -0.15) is 0 Å². The van der Waals surface area contributed by atoms with Crippen molar-refractivity contribution in [3.8, 4) is 39.8 Å². The van der Waals surface area contributed by atoms with Crippen molar-refractivity contribution < 1.29 is 28.5 Å². The number of nitrogens with zero attached hydrogens (tertiary/aromatic N) is 2. The van der Waals surface area contributed by atoms with Crippen LogP contribution in [0.25, 0.3) is 38.5 Å². The molecular formula is C30H25BrN2O7. The van der Waals surface area contributed by atoms with Crippen LogP contribution in [0.5, 0.6) is 23.0 Å². The number of para-hydroxylation sites is 1. The van der Waals surface area contributed by atoms with Gasteiger partial charge in [-0.05, 0) is 57.9 Å². The summed E-state index contributed by atoms with van der Waals surface area (Å²) in [6.07, 6.45) is 1.55. The van der Waals surface area contributed by atoms with Crippen LogP contribution in [0.3, 0.4) is 0 Å². The van der Waals surface area contributed by atoms with Crippen molar-refractivity contribution in [3.05, 3.63) is 81.3 Å². The number of carbonyl (C=O) groups excluding carboxylic acids is 1. The largest absolute Gasteiger partial charge is 0.493 e. The Kier molecular flexibility index (Phi) is 7.36. The first-order valence-corrected chi connectivity index (χ1v) is 12.9. The van der Waals surface area contributed by atoms with Crippen LogP contribution in [0.2, 0.25) is 0 Å². The zero-order valence-corrected chi connectivity index (χ0v) is 24.0. The first kappa shape index (κ1) is 27.0. The van der Waals surface area contributed by atoms with E-state index in [4.69, 9.17) is 23.7 Å². The standard InChI is InChI=1S/C30H25BrN2O7/c1-36-23-13-19-20(14-24(23)37-2)29(34)33(18-10-16-8-6-7-9-22(16)32-15-18)27(30(35)40-5)26(19)17-11-21(31)28(39-4)25(12-17)38-3/h6-15H,1-5H3. The fraction of sp³-hybridized carbons (Fsp3) is 0.167. The highest BCUT2D eigenvalue weighted by molar-refractivity contribution is 9.10. The van der Waals surface area contributed by atoms with Crippen molar-refractivity contribution in [2.24, 2.45) is 0 Å². The Balaban J connectivity index is 2.02. The lowest BCUT2D eigenvalue weighted by Gasteiger charge is -2.21. The Morgan fingerprint density at radius 3 is 2.15 bits per heavy atom. The van der Waals surface area contributed by atoms with Crippen LogP contribution >= 0.6 is 15.9 Å². The number of benzene rings is 3. The lowest BCUT2D eigenvalue weighted by molar-refractivity contribution is 0.0591. The summed E-state index contributed by atoms with van der Waals surface area (Å²) in [6.45, 7) is 0. The van der Waals surface area contributed by atoms with Gasteiger partial charge in [-0.1, -0.05) is 18.2 Å². The average molecular weight is 605 g/mol. The molecule has 0 saturated heterocycles. The molecule has 0 amide bonds. The molecule has 40 heavy (non-hydrogen) atoms. The highest BCUT2D eigenvalue weighted by Crippen LogP contribution is 2.44. The molecule has 0 spiro atoms. The van der Waals surface area contributed by atoms with Crippen molar-refractivity contribution in [2.45, 2.75) is 0 Å². The second-order valence-corrected chi connectivity index (χ2v) is 9.54. The van der Waals surface area contributed by atoms with Gasteiger partial charge in [0.05, 0.1) is 62.8 Å². The van der Waals surface area contributed by atoms with Crippen molar-refractivity contribution in [1.29, 1.82) is 0 Å². The van der Waals surface area contributed by atoms with E-state index >= 15 is 0 Å². The van der Waals surface area contributed by atoms with E-state index in [-0.39, 0.29) is 5.69 Å². The van der Waals surface area contributed by atoms with Crippen LogP contribution < -0.4 is 24.5 Å². The molecule has 2 aromatic heterocycles. The molecule has 204 valence electrons. The molecule has 5 aromatic rings. The molecule has 2 heterocycles. The predicted molar refractivity (Wildman–Crippen MR) is 156 cm³/mol. The van der Waals surface area contributed by atoms with Crippen molar-refractivity contribution in [3.63, 3.8) is 0 Å². The van der Waals surface area contributed by atoms with E-state index in [0.717, 1.165) is 10.9 Å². The van der Waals surface area contributed by atoms with Crippen LogP contribution in [-0.2, 0) is 4.74 Å². The zero-order valence-electron chi connectivity index (χ0n) is 22.4. The number of carbonyl (C=O) groups is 1. The highest BCUT2D eigenvalue weighted by atomic mass is 79.9. The zero-order chi connectivity index (χ0) is 28.6. The summed E-state index contributed by atoms with van der Waals surface area (Å²) in [5, 5.41) is 1.54. The normalized spacial score (nSPS) is 10.9. The second kappa shape index (κ2) is 10.9. The third kappa shape index (κ3) is 4.40. The molecule has 10 heteroatoms. The van der Waals surface area contributed by atoms with Gasteiger partial charge in [-0.15, -0.1) is 0 Å². The first-order chi connectivity index (χ1) is 19.4.